The van der Waals surface area contributed by atoms with Crippen LogP contribution in [0.25, 0.3) is 10.9 Å². The third kappa shape index (κ3) is 2.11. The lowest BCUT2D eigenvalue weighted by Crippen LogP contribution is -2.74. The number of phenols is 1. The van der Waals surface area contributed by atoms with Crippen LogP contribution in [0.15, 0.2) is 42.5 Å². The molecule has 2 aliphatic carbocycles. The summed E-state index contributed by atoms with van der Waals surface area (Å²) < 4.78 is 6.49. The van der Waals surface area contributed by atoms with E-state index in [4.69, 9.17) is 9.72 Å². The van der Waals surface area contributed by atoms with E-state index >= 15 is 0 Å². The van der Waals surface area contributed by atoms with Crippen molar-refractivity contribution in [1.82, 2.24) is 9.88 Å². The number of piperidine rings is 1. The summed E-state index contributed by atoms with van der Waals surface area (Å²) in [6, 6.07) is 14.0. The van der Waals surface area contributed by atoms with Gasteiger partial charge >= 0.3 is 0 Å². The maximum atomic E-state index is 12.4. The van der Waals surface area contributed by atoms with Crippen LogP contribution >= 0.6 is 0 Å². The highest BCUT2D eigenvalue weighted by atomic mass is 16.5. The number of aliphatic hydroxyl groups is 1. The summed E-state index contributed by atoms with van der Waals surface area (Å²) in [6.07, 6.45) is 1.74. The van der Waals surface area contributed by atoms with E-state index in [1.54, 1.807) is 6.07 Å². The fraction of sp³-hybridized carbons (Fsp3) is 0.423. The Morgan fingerprint density at radius 2 is 1.94 bits per heavy atom. The number of benzene rings is 2. The first-order chi connectivity index (χ1) is 15.0. The molecule has 0 radical (unpaired) electrons. The number of ether oxygens (including phenoxy) is 1. The van der Waals surface area contributed by atoms with Crippen LogP contribution in [0.4, 0.5) is 0 Å². The number of phenolic OH excluding ortho intramolecular Hbond substituents is 1. The zero-order valence-corrected chi connectivity index (χ0v) is 18.2. The van der Waals surface area contributed by atoms with Crippen molar-refractivity contribution in [1.29, 1.82) is 0 Å². The molecule has 3 heterocycles. The van der Waals surface area contributed by atoms with E-state index in [1.165, 1.54) is 5.56 Å². The first-order valence-corrected chi connectivity index (χ1v) is 11.4. The van der Waals surface area contributed by atoms with Gasteiger partial charge in [-0.2, -0.15) is 0 Å². The van der Waals surface area contributed by atoms with Gasteiger partial charge in [0.2, 0.25) is 0 Å². The normalized spacial score (nSPS) is 31.9. The van der Waals surface area contributed by atoms with Gasteiger partial charge in [-0.05, 0) is 55.8 Å². The summed E-state index contributed by atoms with van der Waals surface area (Å²) in [5, 5.41) is 24.1. The van der Waals surface area contributed by atoms with E-state index in [2.05, 4.69) is 24.1 Å². The van der Waals surface area contributed by atoms with Crippen molar-refractivity contribution in [3.05, 3.63) is 64.8 Å². The number of aromatic nitrogens is 1. The molecule has 1 fully saturated rings. The van der Waals surface area contributed by atoms with Crippen molar-refractivity contribution in [2.24, 2.45) is 0 Å². The van der Waals surface area contributed by atoms with Gasteiger partial charge in [0, 0.05) is 23.4 Å². The monoisotopic (exact) mass is 416 g/mol. The zero-order valence-electron chi connectivity index (χ0n) is 18.2. The molecule has 4 atom stereocenters. The molecule has 0 unspecified atom stereocenters. The topological polar surface area (TPSA) is 65.8 Å². The Kier molecular flexibility index (Phi) is 3.82. The van der Waals surface area contributed by atoms with Crippen molar-refractivity contribution < 1.29 is 14.9 Å². The van der Waals surface area contributed by atoms with E-state index in [0.717, 1.165) is 47.1 Å². The largest absolute Gasteiger partial charge is 0.504 e. The number of aromatic hydroxyl groups is 1. The molecule has 31 heavy (non-hydrogen) atoms. The first-order valence-electron chi connectivity index (χ1n) is 11.4. The van der Waals surface area contributed by atoms with E-state index < -0.39 is 11.0 Å². The maximum Gasteiger partial charge on any atom is 0.166 e. The Hall–Kier alpha value is -2.63. The molecule has 5 nitrogen and oxygen atoms in total. The molecular weight excluding hydrogens is 388 g/mol. The van der Waals surface area contributed by atoms with Crippen molar-refractivity contribution >= 4 is 10.9 Å². The predicted octanol–water partition coefficient (Wildman–Crippen LogP) is 3.89. The third-order valence-corrected chi connectivity index (χ3v) is 8.03. The summed E-state index contributed by atoms with van der Waals surface area (Å²) in [5.74, 6) is 0.714. The molecule has 0 saturated carbocycles. The zero-order chi connectivity index (χ0) is 21.5. The van der Waals surface area contributed by atoms with Gasteiger partial charge in [-0.15, -0.1) is 0 Å². The third-order valence-electron chi connectivity index (χ3n) is 8.03. The number of rotatable bonds is 0. The van der Waals surface area contributed by atoms with Gasteiger partial charge in [0.05, 0.1) is 22.2 Å². The van der Waals surface area contributed by atoms with Crippen LogP contribution in [0, 0.1) is 0 Å². The second-order valence-electron chi connectivity index (χ2n) is 9.19. The smallest absolute Gasteiger partial charge is 0.166 e. The lowest BCUT2D eigenvalue weighted by atomic mass is 9.49. The van der Waals surface area contributed by atoms with Crippen LogP contribution in [0.1, 0.15) is 48.8 Å². The van der Waals surface area contributed by atoms with Crippen molar-refractivity contribution in [2.45, 2.75) is 56.3 Å². The van der Waals surface area contributed by atoms with Gasteiger partial charge in [0.25, 0.3) is 0 Å². The Morgan fingerprint density at radius 3 is 2.77 bits per heavy atom. The fourth-order valence-electron chi connectivity index (χ4n) is 6.76. The fourth-order valence-corrected chi connectivity index (χ4v) is 6.76. The number of fused-ring (bicyclic) bond motifs is 3. The lowest BCUT2D eigenvalue weighted by molar-refractivity contribution is -0.167. The van der Waals surface area contributed by atoms with Gasteiger partial charge in [-0.3, -0.25) is 0 Å². The number of likely N-dealkylation sites (N-methyl/N-ethyl adjacent to an activating group) is 1. The SMILES string of the molecule is CC.CN1CC[C@]23c4c5ccc(O)c4O[C@H]2c2nc4ccccc4cc2C[C@@]3(O)[C@H]1C5. The Bertz CT molecular complexity index is 1220. The van der Waals surface area contributed by atoms with Gasteiger partial charge < -0.3 is 19.8 Å². The van der Waals surface area contributed by atoms with Gasteiger partial charge in [0.15, 0.2) is 17.6 Å². The molecule has 2 N–H and O–H groups in total. The second-order valence-corrected chi connectivity index (χ2v) is 9.19. The van der Waals surface area contributed by atoms with Crippen LogP contribution in [0.3, 0.4) is 0 Å². The number of para-hydroxylation sites is 1. The van der Waals surface area contributed by atoms with Crippen LogP contribution in [0.2, 0.25) is 0 Å². The highest BCUT2D eigenvalue weighted by Gasteiger charge is 2.72. The summed E-state index contributed by atoms with van der Waals surface area (Å²) in [5.41, 5.74) is 3.61. The molecule has 5 heteroatoms. The van der Waals surface area contributed by atoms with Gasteiger partial charge in [-0.1, -0.05) is 38.1 Å². The molecule has 2 aromatic carbocycles. The molecular formula is C26H28N2O3. The van der Waals surface area contributed by atoms with Crippen molar-refractivity contribution in [2.75, 3.05) is 13.6 Å². The molecule has 4 aliphatic rings. The van der Waals surface area contributed by atoms with Gasteiger partial charge in [-0.25, -0.2) is 4.98 Å². The van der Waals surface area contributed by atoms with E-state index in [0.29, 0.717) is 12.2 Å². The molecule has 1 saturated heterocycles. The molecule has 0 amide bonds. The Morgan fingerprint density at radius 1 is 1.13 bits per heavy atom. The second kappa shape index (κ2) is 6.21. The van der Waals surface area contributed by atoms with Crippen LogP contribution in [0.5, 0.6) is 11.5 Å². The Labute approximate surface area is 182 Å². The minimum atomic E-state index is -0.951. The van der Waals surface area contributed by atoms with Crippen LogP contribution < -0.4 is 4.74 Å². The average molecular weight is 417 g/mol. The van der Waals surface area contributed by atoms with Crippen LogP contribution in [-0.4, -0.2) is 45.3 Å². The number of hydrogen-bond acceptors (Lipinski definition) is 5. The quantitative estimate of drug-likeness (QED) is 0.582. The summed E-state index contributed by atoms with van der Waals surface area (Å²) in [7, 11) is 2.11. The van der Waals surface area contributed by atoms with Crippen molar-refractivity contribution in [3.63, 3.8) is 0 Å². The molecule has 7 rings (SSSR count). The minimum absolute atomic E-state index is 0.0185. The van der Waals surface area contributed by atoms with Crippen molar-refractivity contribution in [3.8, 4) is 11.5 Å². The standard InChI is InChI=1S/C24H22N2O3.C2H6/c1-26-9-8-23-19-14-6-7-17(27)21(19)29-22(23)20-15(12-24(23,28)18(26)11-14)10-13-4-2-3-5-16(13)25-20;1-2/h2-7,10,18,22,27-28H,8-9,11-12H2,1H3;1-2H3/t18-,22+,23+,24-;/m1./s1. The summed E-state index contributed by atoms with van der Waals surface area (Å²) in [4.78, 5) is 7.32. The molecule has 2 bridgehead atoms. The maximum absolute atomic E-state index is 12.4. The number of pyridine rings is 1. The lowest BCUT2D eigenvalue weighted by Gasteiger charge is -2.62. The molecule has 1 aromatic heterocycles. The summed E-state index contributed by atoms with van der Waals surface area (Å²) in [6.45, 7) is 4.89. The molecule has 1 spiro atoms. The highest BCUT2D eigenvalue weighted by Crippen LogP contribution is 2.68. The molecule has 3 aromatic rings. The first kappa shape index (κ1) is 19.1. The molecule has 160 valence electrons. The predicted molar refractivity (Wildman–Crippen MR) is 120 cm³/mol. The average Bonchev–Trinajstić information content (AvgIpc) is 3.14. The van der Waals surface area contributed by atoms with E-state index in [-0.39, 0.29) is 17.9 Å². The number of likely N-dealkylation sites (tertiary alicyclic amines) is 1. The van der Waals surface area contributed by atoms with Crippen LogP contribution in [-0.2, 0) is 18.3 Å². The summed E-state index contributed by atoms with van der Waals surface area (Å²) >= 11 is 0. The molecule has 2 aliphatic heterocycles. The number of hydrogen-bond donors (Lipinski definition) is 2. The van der Waals surface area contributed by atoms with E-state index in [9.17, 15) is 10.2 Å². The van der Waals surface area contributed by atoms with Gasteiger partial charge in [0.1, 0.15) is 0 Å². The Balaban J connectivity index is 0.000000902. The minimum Gasteiger partial charge on any atom is -0.504 e. The number of nitrogens with zero attached hydrogens (tertiary/aromatic N) is 2. The van der Waals surface area contributed by atoms with E-state index in [1.807, 2.05) is 38.1 Å². The highest BCUT2D eigenvalue weighted by molar-refractivity contribution is 5.80.